The quantitative estimate of drug-likeness (QED) is 0.685. The molecule has 0 saturated heterocycles. The number of hydrogen-bond acceptors (Lipinski definition) is 0. The Morgan fingerprint density at radius 2 is 1.88 bits per heavy atom. The van der Waals surface area contributed by atoms with Crippen LogP contribution in [-0.4, -0.2) is 0 Å². The van der Waals surface area contributed by atoms with E-state index in [9.17, 15) is 22.0 Å². The molecule has 0 heterocycles. The average Bonchev–Trinajstić information content (AvgIpc) is 2.24. The minimum atomic E-state index is -4.59. The second kappa shape index (κ2) is 5.29. The topological polar surface area (TPSA) is 0 Å². The number of benzene rings is 1. The maximum atomic E-state index is 12.9. The van der Waals surface area contributed by atoms with Crippen LogP contribution in [0, 0.1) is 5.82 Å². The highest BCUT2D eigenvalue weighted by molar-refractivity contribution is 5.28. The Morgan fingerprint density at radius 3 is 2.41 bits per heavy atom. The number of rotatable bonds is 3. The lowest BCUT2D eigenvalue weighted by molar-refractivity contribution is -0.137. The Kier molecular flexibility index (Phi) is 4.26. The van der Waals surface area contributed by atoms with Gasteiger partial charge in [-0.05, 0) is 42.7 Å². The van der Waals surface area contributed by atoms with Gasteiger partial charge in [-0.1, -0.05) is 6.92 Å². The van der Waals surface area contributed by atoms with E-state index in [1.54, 1.807) is 6.92 Å². The van der Waals surface area contributed by atoms with Crippen LogP contribution in [0.5, 0.6) is 0 Å². The lowest BCUT2D eigenvalue weighted by Crippen LogP contribution is -2.06. The molecule has 0 amide bonds. The smallest absolute Gasteiger partial charge is 0.212 e. The molecule has 0 N–H and O–H groups in total. The number of hydrogen-bond donors (Lipinski definition) is 0. The van der Waals surface area contributed by atoms with Crippen LogP contribution in [0.1, 0.15) is 24.5 Å². The van der Waals surface area contributed by atoms with Crippen molar-refractivity contribution < 1.29 is 22.0 Å². The SMILES string of the molecule is CC/C(F)=C\Cc1cc(F)cc(C(F)(F)F)c1. The number of halogens is 5. The molecule has 1 aromatic carbocycles. The molecule has 94 valence electrons. The first-order valence-electron chi connectivity index (χ1n) is 5.04. The molecule has 0 nitrogen and oxygen atoms in total. The van der Waals surface area contributed by atoms with Crippen molar-refractivity contribution in [1.82, 2.24) is 0 Å². The van der Waals surface area contributed by atoms with E-state index in [2.05, 4.69) is 0 Å². The summed E-state index contributed by atoms with van der Waals surface area (Å²) < 4.78 is 62.8. The second-order valence-corrected chi connectivity index (χ2v) is 3.55. The highest BCUT2D eigenvalue weighted by Crippen LogP contribution is 2.30. The first kappa shape index (κ1) is 13.7. The van der Waals surface area contributed by atoms with Gasteiger partial charge in [0.2, 0.25) is 0 Å². The molecule has 0 saturated carbocycles. The van der Waals surface area contributed by atoms with Gasteiger partial charge >= 0.3 is 6.18 Å². The maximum absolute atomic E-state index is 12.9. The van der Waals surface area contributed by atoms with Crippen LogP contribution in [0.4, 0.5) is 22.0 Å². The summed E-state index contributed by atoms with van der Waals surface area (Å²) >= 11 is 0. The van der Waals surface area contributed by atoms with E-state index in [1.807, 2.05) is 0 Å². The third-order valence-corrected chi connectivity index (χ3v) is 2.18. The largest absolute Gasteiger partial charge is 0.416 e. The Hall–Kier alpha value is -1.39. The zero-order valence-electron chi connectivity index (χ0n) is 9.11. The third kappa shape index (κ3) is 4.17. The van der Waals surface area contributed by atoms with Gasteiger partial charge in [0.25, 0.3) is 0 Å². The van der Waals surface area contributed by atoms with E-state index < -0.39 is 23.4 Å². The summed E-state index contributed by atoms with van der Waals surface area (Å²) in [6.07, 6.45) is -3.33. The van der Waals surface area contributed by atoms with Crippen LogP contribution >= 0.6 is 0 Å². The Labute approximate surface area is 95.8 Å². The van der Waals surface area contributed by atoms with Gasteiger partial charge in [-0.3, -0.25) is 0 Å². The molecule has 17 heavy (non-hydrogen) atoms. The van der Waals surface area contributed by atoms with Crippen molar-refractivity contribution in [3.63, 3.8) is 0 Å². The van der Waals surface area contributed by atoms with Gasteiger partial charge < -0.3 is 0 Å². The molecule has 5 heteroatoms. The molecule has 0 unspecified atom stereocenters. The van der Waals surface area contributed by atoms with Gasteiger partial charge in [0.1, 0.15) is 5.82 Å². The third-order valence-electron chi connectivity index (χ3n) is 2.18. The van der Waals surface area contributed by atoms with Crippen molar-refractivity contribution in [2.24, 2.45) is 0 Å². The van der Waals surface area contributed by atoms with Crippen molar-refractivity contribution in [3.8, 4) is 0 Å². The molecule has 0 radical (unpaired) electrons. The molecule has 0 aromatic heterocycles. The fraction of sp³-hybridized carbons (Fsp3) is 0.333. The molecule has 0 aliphatic heterocycles. The molecule has 0 bridgehead atoms. The van der Waals surface area contributed by atoms with Gasteiger partial charge in [-0.2, -0.15) is 13.2 Å². The van der Waals surface area contributed by atoms with Crippen LogP contribution in [-0.2, 0) is 12.6 Å². The highest BCUT2D eigenvalue weighted by atomic mass is 19.4. The normalized spacial score (nSPS) is 12.9. The summed E-state index contributed by atoms with van der Waals surface area (Å²) in [4.78, 5) is 0. The summed E-state index contributed by atoms with van der Waals surface area (Å²) in [7, 11) is 0. The first-order chi connectivity index (χ1) is 7.82. The van der Waals surface area contributed by atoms with Gasteiger partial charge in [0, 0.05) is 0 Å². The van der Waals surface area contributed by atoms with E-state index in [0.29, 0.717) is 6.07 Å². The minimum Gasteiger partial charge on any atom is -0.212 e. The lowest BCUT2D eigenvalue weighted by atomic mass is 10.1. The van der Waals surface area contributed by atoms with Crippen molar-refractivity contribution in [1.29, 1.82) is 0 Å². The zero-order valence-corrected chi connectivity index (χ0v) is 9.11. The van der Waals surface area contributed by atoms with Crippen molar-refractivity contribution in [2.45, 2.75) is 25.9 Å². The van der Waals surface area contributed by atoms with E-state index in [4.69, 9.17) is 0 Å². The zero-order chi connectivity index (χ0) is 13.1. The molecule has 1 rings (SSSR count). The van der Waals surface area contributed by atoms with E-state index >= 15 is 0 Å². The molecule has 0 aliphatic rings. The summed E-state index contributed by atoms with van der Waals surface area (Å²) in [6, 6.07) is 2.21. The van der Waals surface area contributed by atoms with Crippen molar-refractivity contribution in [2.75, 3.05) is 0 Å². The van der Waals surface area contributed by atoms with Gasteiger partial charge in [-0.25, -0.2) is 8.78 Å². The molecular weight excluding hydrogens is 239 g/mol. The predicted molar refractivity (Wildman–Crippen MR) is 54.6 cm³/mol. The van der Waals surface area contributed by atoms with E-state index in [-0.39, 0.29) is 18.4 Å². The molecule has 0 aliphatic carbocycles. The van der Waals surface area contributed by atoms with Crippen LogP contribution in [0.3, 0.4) is 0 Å². The summed E-state index contributed by atoms with van der Waals surface area (Å²) in [6.45, 7) is 1.58. The molecule has 1 aromatic rings. The fourth-order valence-electron chi connectivity index (χ4n) is 1.30. The molecule has 0 fully saturated rings. The molecule has 0 atom stereocenters. The monoisotopic (exact) mass is 250 g/mol. The first-order valence-corrected chi connectivity index (χ1v) is 5.04. The second-order valence-electron chi connectivity index (χ2n) is 3.55. The fourth-order valence-corrected chi connectivity index (χ4v) is 1.30. The van der Waals surface area contributed by atoms with Crippen molar-refractivity contribution in [3.05, 3.63) is 47.0 Å². The lowest BCUT2D eigenvalue weighted by Gasteiger charge is -2.08. The molecular formula is C12H11F5. The minimum absolute atomic E-state index is 0.0550. The van der Waals surface area contributed by atoms with Crippen LogP contribution in [0.15, 0.2) is 30.1 Å². The Bertz CT molecular complexity index is 417. The number of allylic oxidation sites excluding steroid dienone is 2. The van der Waals surface area contributed by atoms with Crippen molar-refractivity contribution >= 4 is 0 Å². The predicted octanol–water partition coefficient (Wildman–Crippen LogP) is 4.65. The van der Waals surface area contributed by atoms with Crippen LogP contribution < -0.4 is 0 Å². The van der Waals surface area contributed by atoms with Crippen LogP contribution in [0.2, 0.25) is 0 Å². The summed E-state index contributed by atoms with van der Waals surface area (Å²) in [5, 5.41) is 0. The molecule has 0 spiro atoms. The van der Waals surface area contributed by atoms with Gasteiger partial charge in [0.15, 0.2) is 0 Å². The van der Waals surface area contributed by atoms with E-state index in [1.165, 1.54) is 0 Å². The van der Waals surface area contributed by atoms with E-state index in [0.717, 1.165) is 18.2 Å². The maximum Gasteiger partial charge on any atom is 0.416 e. The Balaban J connectivity index is 2.98. The highest BCUT2D eigenvalue weighted by Gasteiger charge is 2.31. The van der Waals surface area contributed by atoms with Crippen LogP contribution in [0.25, 0.3) is 0 Å². The summed E-state index contributed by atoms with van der Waals surface area (Å²) in [5.41, 5.74) is -0.960. The standard InChI is InChI=1S/C12H11F5/c1-2-10(13)4-3-8-5-9(12(15,16)17)7-11(14)6-8/h4-7H,2-3H2,1H3/b10-4+. The number of alkyl halides is 3. The average molecular weight is 250 g/mol. The Morgan fingerprint density at radius 1 is 1.24 bits per heavy atom. The summed E-state index contributed by atoms with van der Waals surface area (Å²) in [5.74, 6) is -1.40. The van der Waals surface area contributed by atoms with Gasteiger partial charge in [0.05, 0.1) is 11.4 Å². The van der Waals surface area contributed by atoms with Gasteiger partial charge in [-0.15, -0.1) is 0 Å².